The maximum absolute atomic E-state index is 11.3. The van der Waals surface area contributed by atoms with Gasteiger partial charge in [0.25, 0.3) is 0 Å². The van der Waals surface area contributed by atoms with E-state index in [0.717, 1.165) is 10.6 Å². The monoisotopic (exact) mass is 308 g/mol. The molecule has 0 unspecified atom stereocenters. The molecule has 4 nitrogen and oxygen atoms in total. The molecule has 1 aromatic carbocycles. The number of halogens is 1. The van der Waals surface area contributed by atoms with Crippen LogP contribution in [0.1, 0.15) is 16.1 Å². The molecule has 0 radical (unpaired) electrons. The van der Waals surface area contributed by atoms with Crippen molar-refractivity contribution in [2.24, 2.45) is 0 Å². The van der Waals surface area contributed by atoms with Crippen molar-refractivity contribution in [1.82, 2.24) is 4.98 Å². The van der Waals surface area contributed by atoms with Crippen LogP contribution in [-0.4, -0.2) is 18.1 Å². The fourth-order valence-corrected chi connectivity index (χ4v) is 2.60. The normalized spacial score (nSPS) is 10.3. The first-order valence-electron chi connectivity index (χ1n) is 5.81. The van der Waals surface area contributed by atoms with Crippen LogP contribution >= 0.6 is 23.4 Å². The quantitative estimate of drug-likeness (QED) is 0.533. The van der Waals surface area contributed by atoms with Crippen molar-refractivity contribution in [3.8, 4) is 0 Å². The molecule has 0 spiro atoms. The second-order valence-corrected chi connectivity index (χ2v) is 5.45. The van der Waals surface area contributed by atoms with E-state index in [-0.39, 0.29) is 0 Å². The van der Waals surface area contributed by atoms with Crippen LogP contribution in [0, 0.1) is 0 Å². The third-order valence-electron chi connectivity index (χ3n) is 2.59. The molecular weight excluding hydrogens is 296 g/mol. The number of pyridine rings is 1. The predicted octanol–water partition coefficient (Wildman–Crippen LogP) is 3.40. The lowest BCUT2D eigenvalue weighted by molar-refractivity contribution is 0.0600. The number of methoxy groups -OCH3 is 1. The fraction of sp³-hybridized carbons (Fsp3) is 0.143. The van der Waals surface area contributed by atoms with Gasteiger partial charge in [0, 0.05) is 27.6 Å². The first-order valence-corrected chi connectivity index (χ1v) is 7.17. The Morgan fingerprint density at radius 2 is 2.20 bits per heavy atom. The molecule has 0 saturated heterocycles. The van der Waals surface area contributed by atoms with Gasteiger partial charge in [0.2, 0.25) is 0 Å². The van der Waals surface area contributed by atoms with Crippen LogP contribution in [0.4, 0.5) is 5.69 Å². The first kappa shape index (κ1) is 14.7. The first-order chi connectivity index (χ1) is 9.60. The Labute approximate surface area is 126 Å². The Kier molecular flexibility index (Phi) is 4.87. The van der Waals surface area contributed by atoms with E-state index in [9.17, 15) is 4.79 Å². The summed E-state index contributed by atoms with van der Waals surface area (Å²) in [5.41, 5.74) is 7.82. The molecule has 1 aromatic heterocycles. The van der Waals surface area contributed by atoms with Crippen LogP contribution in [0.5, 0.6) is 0 Å². The number of nitrogens with two attached hydrogens (primary N) is 1. The van der Waals surface area contributed by atoms with Crippen LogP contribution in [0.15, 0.2) is 41.4 Å². The molecule has 0 aliphatic carbocycles. The van der Waals surface area contributed by atoms with Crippen molar-refractivity contribution in [3.63, 3.8) is 0 Å². The Balaban J connectivity index is 2.02. The molecule has 6 heteroatoms. The zero-order valence-electron chi connectivity index (χ0n) is 10.8. The molecule has 1 heterocycles. The number of hydrogen-bond acceptors (Lipinski definition) is 5. The van der Waals surface area contributed by atoms with Gasteiger partial charge in [-0.1, -0.05) is 11.6 Å². The molecule has 104 valence electrons. The van der Waals surface area contributed by atoms with Gasteiger partial charge >= 0.3 is 5.97 Å². The average molecular weight is 309 g/mol. The molecule has 0 saturated carbocycles. The number of nitrogens with zero attached hydrogens (tertiary/aromatic N) is 1. The molecular formula is C14H13ClN2O2S. The number of carbonyl (C=O) groups excluding carboxylic acids is 1. The standard InChI is InChI=1S/C14H13ClN2O2S/c1-19-14(18)9-2-4-11(17-7-9)8-20-13-5-3-10(15)6-12(13)16/h2-7H,8,16H2,1H3. The number of ether oxygens (including phenoxy) is 1. The fourth-order valence-electron chi connectivity index (χ4n) is 1.55. The van der Waals surface area contributed by atoms with Gasteiger partial charge in [-0.25, -0.2) is 4.79 Å². The molecule has 20 heavy (non-hydrogen) atoms. The highest BCUT2D eigenvalue weighted by Gasteiger charge is 2.06. The topological polar surface area (TPSA) is 65.2 Å². The minimum atomic E-state index is -0.390. The molecule has 0 aliphatic rings. The van der Waals surface area contributed by atoms with Crippen LogP contribution in [0.2, 0.25) is 5.02 Å². The summed E-state index contributed by atoms with van der Waals surface area (Å²) in [6, 6.07) is 8.89. The van der Waals surface area contributed by atoms with E-state index in [0.29, 0.717) is 22.0 Å². The minimum absolute atomic E-state index is 0.390. The van der Waals surface area contributed by atoms with Crippen LogP contribution in [0.3, 0.4) is 0 Å². The number of benzene rings is 1. The van der Waals surface area contributed by atoms with E-state index < -0.39 is 5.97 Å². The van der Waals surface area contributed by atoms with Crippen molar-refractivity contribution >= 4 is 35.0 Å². The Morgan fingerprint density at radius 1 is 1.40 bits per heavy atom. The van der Waals surface area contributed by atoms with Crippen LogP contribution < -0.4 is 5.73 Å². The molecule has 0 aliphatic heterocycles. The smallest absolute Gasteiger partial charge is 0.339 e. The number of carbonyl (C=O) groups is 1. The summed E-state index contributed by atoms with van der Waals surface area (Å²) in [5, 5.41) is 0.618. The Hall–Kier alpha value is -1.72. The van der Waals surface area contributed by atoms with Crippen molar-refractivity contribution in [1.29, 1.82) is 0 Å². The Bertz CT molecular complexity index is 617. The minimum Gasteiger partial charge on any atom is -0.465 e. The van der Waals surface area contributed by atoms with Crippen LogP contribution in [-0.2, 0) is 10.5 Å². The highest BCUT2D eigenvalue weighted by atomic mass is 35.5. The number of hydrogen-bond donors (Lipinski definition) is 1. The van der Waals surface area contributed by atoms with E-state index in [4.69, 9.17) is 17.3 Å². The third kappa shape index (κ3) is 3.65. The lowest BCUT2D eigenvalue weighted by Gasteiger charge is -2.06. The maximum Gasteiger partial charge on any atom is 0.339 e. The second-order valence-electron chi connectivity index (χ2n) is 4.00. The van der Waals surface area contributed by atoms with E-state index >= 15 is 0 Å². The number of rotatable bonds is 4. The largest absolute Gasteiger partial charge is 0.465 e. The highest BCUT2D eigenvalue weighted by molar-refractivity contribution is 7.98. The van der Waals surface area contributed by atoms with E-state index in [2.05, 4.69) is 9.72 Å². The summed E-state index contributed by atoms with van der Waals surface area (Å²) >= 11 is 7.42. The number of nitrogen functional groups attached to an aromatic ring is 1. The van der Waals surface area contributed by atoms with Gasteiger partial charge in [0.15, 0.2) is 0 Å². The zero-order chi connectivity index (χ0) is 14.5. The lowest BCUT2D eigenvalue weighted by Crippen LogP contribution is -2.02. The van der Waals surface area contributed by atoms with Gasteiger partial charge < -0.3 is 10.5 Å². The number of thioether (sulfide) groups is 1. The Morgan fingerprint density at radius 3 is 2.80 bits per heavy atom. The summed E-state index contributed by atoms with van der Waals surface area (Å²) in [6.45, 7) is 0. The SMILES string of the molecule is COC(=O)c1ccc(CSc2ccc(Cl)cc2N)nc1. The van der Waals surface area contributed by atoms with E-state index in [1.165, 1.54) is 13.3 Å². The summed E-state index contributed by atoms with van der Waals surface area (Å²) in [5.74, 6) is 0.270. The van der Waals surface area contributed by atoms with Gasteiger partial charge in [-0.05, 0) is 30.3 Å². The summed E-state index contributed by atoms with van der Waals surface area (Å²) in [4.78, 5) is 16.5. The molecule has 2 aromatic rings. The summed E-state index contributed by atoms with van der Waals surface area (Å²) in [6.07, 6.45) is 1.51. The van der Waals surface area contributed by atoms with Gasteiger partial charge in [0.1, 0.15) is 0 Å². The summed E-state index contributed by atoms with van der Waals surface area (Å²) < 4.78 is 4.62. The molecule has 0 fully saturated rings. The maximum atomic E-state index is 11.3. The van der Waals surface area contributed by atoms with Gasteiger partial charge in [-0.3, -0.25) is 4.98 Å². The lowest BCUT2D eigenvalue weighted by atomic mass is 10.2. The van der Waals surface area contributed by atoms with Gasteiger partial charge in [-0.15, -0.1) is 11.8 Å². The number of anilines is 1. The molecule has 2 N–H and O–H groups in total. The van der Waals surface area contributed by atoms with Crippen LogP contribution in [0.25, 0.3) is 0 Å². The second kappa shape index (κ2) is 6.63. The van der Waals surface area contributed by atoms with Crippen molar-refractivity contribution in [2.45, 2.75) is 10.6 Å². The number of esters is 1. The van der Waals surface area contributed by atoms with Crippen molar-refractivity contribution < 1.29 is 9.53 Å². The average Bonchev–Trinajstić information content (AvgIpc) is 2.46. The molecule has 0 amide bonds. The zero-order valence-corrected chi connectivity index (χ0v) is 12.4. The van der Waals surface area contributed by atoms with E-state index in [1.54, 1.807) is 36.0 Å². The predicted molar refractivity (Wildman–Crippen MR) is 81.0 cm³/mol. The van der Waals surface area contributed by atoms with Crippen molar-refractivity contribution in [2.75, 3.05) is 12.8 Å². The number of aromatic nitrogens is 1. The molecule has 0 bridgehead atoms. The third-order valence-corrected chi connectivity index (χ3v) is 3.95. The molecule has 2 rings (SSSR count). The highest BCUT2D eigenvalue weighted by Crippen LogP contribution is 2.29. The van der Waals surface area contributed by atoms with E-state index in [1.807, 2.05) is 6.07 Å². The van der Waals surface area contributed by atoms with Gasteiger partial charge in [-0.2, -0.15) is 0 Å². The molecule has 0 atom stereocenters. The van der Waals surface area contributed by atoms with Gasteiger partial charge in [0.05, 0.1) is 18.4 Å². The summed E-state index contributed by atoms with van der Waals surface area (Å²) in [7, 11) is 1.34. The van der Waals surface area contributed by atoms with Crippen molar-refractivity contribution in [3.05, 3.63) is 52.8 Å².